The molecule has 10 heteroatoms. The quantitative estimate of drug-likeness (QED) is 0.793. The number of amides is 1. The maximum atomic E-state index is 13.0. The number of piperazine rings is 1. The normalized spacial score (nSPS) is 20.0. The zero-order chi connectivity index (χ0) is 19.2. The molecule has 1 N–H and O–H groups in total. The molecule has 1 aliphatic carbocycles. The van der Waals surface area contributed by atoms with Crippen molar-refractivity contribution in [1.29, 1.82) is 0 Å². The van der Waals surface area contributed by atoms with Crippen molar-refractivity contribution in [2.45, 2.75) is 30.8 Å². The van der Waals surface area contributed by atoms with Crippen molar-refractivity contribution in [3.63, 3.8) is 0 Å². The van der Waals surface area contributed by atoms with Crippen LogP contribution in [0.15, 0.2) is 18.2 Å². The fourth-order valence-electron chi connectivity index (χ4n) is 2.86. The fourth-order valence-corrected chi connectivity index (χ4v) is 2.86. The standard InChI is InChI=1S/C16H16F6N2O2/c17-15(18,19)11-7-10(8-12(9-11)16(20,21)22)14(1-2-14)26-13(25)24-5-3-23-4-6-24/h7-9,23H,1-6H2. The number of alkyl halides is 6. The fraction of sp³-hybridized carbons (Fsp3) is 0.562. The third-order valence-corrected chi connectivity index (χ3v) is 4.48. The first kappa shape index (κ1) is 18.8. The second kappa shape index (κ2) is 6.33. The van der Waals surface area contributed by atoms with Crippen LogP contribution in [0.1, 0.15) is 29.5 Å². The monoisotopic (exact) mass is 382 g/mol. The molecule has 1 aromatic rings. The summed E-state index contributed by atoms with van der Waals surface area (Å²) in [6.07, 6.45) is -10.2. The summed E-state index contributed by atoms with van der Waals surface area (Å²) in [5.41, 5.74) is -4.52. The number of nitrogens with one attached hydrogen (secondary N) is 1. The van der Waals surface area contributed by atoms with E-state index in [4.69, 9.17) is 4.74 Å². The summed E-state index contributed by atoms with van der Waals surface area (Å²) in [6, 6.07) is 1.33. The molecular weight excluding hydrogens is 366 g/mol. The predicted octanol–water partition coefficient (Wildman–Crippen LogP) is 3.76. The molecule has 0 aromatic heterocycles. The van der Waals surface area contributed by atoms with E-state index in [9.17, 15) is 31.1 Å². The lowest BCUT2D eigenvalue weighted by molar-refractivity contribution is -0.143. The van der Waals surface area contributed by atoms with Gasteiger partial charge < -0.3 is 15.0 Å². The average molecular weight is 382 g/mol. The van der Waals surface area contributed by atoms with Crippen molar-refractivity contribution in [2.24, 2.45) is 0 Å². The second-order valence-electron chi connectivity index (χ2n) is 6.39. The first-order chi connectivity index (χ1) is 12.0. The molecule has 2 aliphatic rings. The van der Waals surface area contributed by atoms with Crippen LogP contribution in [-0.4, -0.2) is 37.2 Å². The Morgan fingerprint density at radius 3 is 1.88 bits per heavy atom. The van der Waals surface area contributed by atoms with Crippen LogP contribution in [0.3, 0.4) is 0 Å². The van der Waals surface area contributed by atoms with Gasteiger partial charge in [-0.3, -0.25) is 0 Å². The number of rotatable bonds is 2. The average Bonchev–Trinajstić information content (AvgIpc) is 3.34. The van der Waals surface area contributed by atoms with Gasteiger partial charge >= 0.3 is 18.4 Å². The highest BCUT2D eigenvalue weighted by Gasteiger charge is 2.51. The summed E-state index contributed by atoms with van der Waals surface area (Å²) in [4.78, 5) is 13.6. The lowest BCUT2D eigenvalue weighted by atomic mass is 9.99. The first-order valence-corrected chi connectivity index (χ1v) is 8.00. The summed E-state index contributed by atoms with van der Waals surface area (Å²) in [6.45, 7) is 1.82. The minimum Gasteiger partial charge on any atom is -0.438 e. The van der Waals surface area contributed by atoms with Gasteiger partial charge in [-0.25, -0.2) is 4.79 Å². The maximum Gasteiger partial charge on any atom is 0.416 e. The van der Waals surface area contributed by atoms with Crippen LogP contribution in [0.2, 0.25) is 0 Å². The zero-order valence-corrected chi connectivity index (χ0v) is 13.5. The molecular formula is C16H16F6N2O2. The van der Waals surface area contributed by atoms with Crippen molar-refractivity contribution in [2.75, 3.05) is 26.2 Å². The van der Waals surface area contributed by atoms with E-state index in [1.807, 2.05) is 0 Å². The van der Waals surface area contributed by atoms with Gasteiger partial charge in [0.1, 0.15) is 5.60 Å². The van der Waals surface area contributed by atoms with E-state index in [-0.39, 0.29) is 24.5 Å². The van der Waals surface area contributed by atoms with E-state index < -0.39 is 35.2 Å². The Morgan fingerprint density at radius 1 is 0.962 bits per heavy atom. The Bertz CT molecular complexity index is 659. The topological polar surface area (TPSA) is 41.6 Å². The third kappa shape index (κ3) is 3.89. The van der Waals surface area contributed by atoms with Crippen molar-refractivity contribution >= 4 is 6.09 Å². The minimum atomic E-state index is -4.94. The summed E-state index contributed by atoms with van der Waals surface area (Å²) >= 11 is 0. The highest BCUT2D eigenvalue weighted by molar-refractivity contribution is 5.69. The van der Waals surface area contributed by atoms with Gasteiger partial charge in [0.2, 0.25) is 0 Å². The van der Waals surface area contributed by atoms with Crippen molar-refractivity contribution in [3.8, 4) is 0 Å². The Kier molecular flexibility index (Phi) is 4.58. The van der Waals surface area contributed by atoms with E-state index in [1.54, 1.807) is 0 Å². The van der Waals surface area contributed by atoms with Crippen molar-refractivity contribution in [3.05, 3.63) is 34.9 Å². The molecule has 1 aliphatic heterocycles. The zero-order valence-electron chi connectivity index (χ0n) is 13.5. The predicted molar refractivity (Wildman–Crippen MR) is 78.3 cm³/mol. The molecule has 2 fully saturated rings. The minimum absolute atomic E-state index is 0.0672. The Morgan fingerprint density at radius 2 is 1.46 bits per heavy atom. The Balaban J connectivity index is 1.90. The van der Waals surface area contributed by atoms with Crippen LogP contribution in [-0.2, 0) is 22.7 Å². The number of hydrogen-bond acceptors (Lipinski definition) is 3. The molecule has 1 amide bonds. The first-order valence-electron chi connectivity index (χ1n) is 8.00. The van der Waals surface area contributed by atoms with E-state index in [0.717, 1.165) is 0 Å². The lowest BCUT2D eigenvalue weighted by Gasteiger charge is -2.29. The van der Waals surface area contributed by atoms with Crippen molar-refractivity contribution in [1.82, 2.24) is 10.2 Å². The van der Waals surface area contributed by atoms with Crippen LogP contribution < -0.4 is 5.32 Å². The van der Waals surface area contributed by atoms with Gasteiger partial charge in [-0.05, 0) is 36.6 Å². The number of carbonyl (C=O) groups excluding carboxylic acids is 1. The number of halogens is 6. The van der Waals surface area contributed by atoms with E-state index >= 15 is 0 Å². The van der Waals surface area contributed by atoms with Crippen molar-refractivity contribution < 1.29 is 35.9 Å². The lowest BCUT2D eigenvalue weighted by Crippen LogP contribution is -2.47. The van der Waals surface area contributed by atoms with Gasteiger partial charge in [0, 0.05) is 26.2 Å². The summed E-state index contributed by atoms with van der Waals surface area (Å²) in [7, 11) is 0. The molecule has 26 heavy (non-hydrogen) atoms. The smallest absolute Gasteiger partial charge is 0.416 e. The highest BCUT2D eigenvalue weighted by Crippen LogP contribution is 2.51. The van der Waals surface area contributed by atoms with Crippen LogP contribution in [0.25, 0.3) is 0 Å². The van der Waals surface area contributed by atoms with Crippen LogP contribution >= 0.6 is 0 Å². The summed E-state index contributed by atoms with van der Waals surface area (Å²) < 4.78 is 83.4. The molecule has 0 spiro atoms. The Hall–Kier alpha value is -1.97. The molecule has 0 atom stereocenters. The van der Waals surface area contributed by atoms with Gasteiger partial charge in [0.25, 0.3) is 0 Å². The van der Waals surface area contributed by atoms with Gasteiger partial charge in [-0.2, -0.15) is 26.3 Å². The number of benzene rings is 1. The molecule has 144 valence electrons. The highest BCUT2D eigenvalue weighted by atomic mass is 19.4. The van der Waals surface area contributed by atoms with Crippen LogP contribution in [0, 0.1) is 0 Å². The SMILES string of the molecule is O=C(OC1(c2cc(C(F)(F)F)cc(C(F)(F)F)c2)CC1)N1CCNCC1. The van der Waals surface area contributed by atoms with Crippen LogP contribution in [0.4, 0.5) is 31.1 Å². The molecule has 0 unspecified atom stereocenters. The number of nitrogens with zero attached hydrogens (tertiary/aromatic N) is 1. The largest absolute Gasteiger partial charge is 0.438 e. The number of carbonyl (C=O) groups is 1. The molecule has 1 saturated heterocycles. The molecule has 1 saturated carbocycles. The third-order valence-electron chi connectivity index (χ3n) is 4.48. The maximum absolute atomic E-state index is 13.0. The molecule has 3 rings (SSSR count). The van der Waals surface area contributed by atoms with Gasteiger partial charge in [0.05, 0.1) is 11.1 Å². The Labute approximate surface area is 145 Å². The molecule has 1 aromatic carbocycles. The molecule has 1 heterocycles. The second-order valence-corrected chi connectivity index (χ2v) is 6.39. The van der Waals surface area contributed by atoms with Gasteiger partial charge in [-0.1, -0.05) is 0 Å². The summed E-state index contributed by atoms with van der Waals surface area (Å²) in [5.74, 6) is 0. The molecule has 4 nitrogen and oxygen atoms in total. The van der Waals surface area contributed by atoms with Gasteiger partial charge in [-0.15, -0.1) is 0 Å². The number of hydrogen-bond donors (Lipinski definition) is 1. The molecule has 0 radical (unpaired) electrons. The van der Waals surface area contributed by atoms with E-state index in [2.05, 4.69) is 5.32 Å². The summed E-state index contributed by atoms with van der Waals surface area (Å²) in [5, 5.41) is 3.03. The van der Waals surface area contributed by atoms with Crippen LogP contribution in [0.5, 0.6) is 0 Å². The van der Waals surface area contributed by atoms with E-state index in [0.29, 0.717) is 38.3 Å². The number of ether oxygens (including phenoxy) is 1. The van der Waals surface area contributed by atoms with E-state index in [1.165, 1.54) is 4.90 Å². The van der Waals surface area contributed by atoms with Gasteiger partial charge in [0.15, 0.2) is 0 Å². The molecule has 0 bridgehead atoms.